The van der Waals surface area contributed by atoms with Gasteiger partial charge in [-0.1, -0.05) is 0 Å². The first kappa shape index (κ1) is 13.2. The lowest BCUT2D eigenvalue weighted by Gasteiger charge is -2.21. The summed E-state index contributed by atoms with van der Waals surface area (Å²) in [5.41, 5.74) is 1.06. The summed E-state index contributed by atoms with van der Waals surface area (Å²) < 4.78 is 13.6. The van der Waals surface area contributed by atoms with Gasteiger partial charge in [0, 0.05) is 12.8 Å². The minimum absolute atomic E-state index is 0.209. The molecule has 2 rings (SSSR count). The van der Waals surface area contributed by atoms with Crippen LogP contribution in [0.5, 0.6) is 0 Å². The molecule has 0 atom stereocenters. The van der Waals surface area contributed by atoms with E-state index in [-0.39, 0.29) is 16.3 Å². The standard InChI is InChI=1S/C13H13BrFNO2/c1-8-6-10(15)9(14)7-11(8)16-12(17)4-2-3-5-13(16)18/h6-7H,2-5H2,1H3. The van der Waals surface area contributed by atoms with Crippen molar-refractivity contribution < 1.29 is 14.0 Å². The molecule has 1 saturated heterocycles. The molecular formula is C13H13BrFNO2. The second-order valence-corrected chi connectivity index (χ2v) is 5.24. The molecule has 18 heavy (non-hydrogen) atoms. The second kappa shape index (κ2) is 5.18. The molecule has 1 heterocycles. The molecule has 0 aromatic heterocycles. The topological polar surface area (TPSA) is 37.4 Å². The highest BCUT2D eigenvalue weighted by Gasteiger charge is 2.27. The fourth-order valence-electron chi connectivity index (χ4n) is 2.06. The quantitative estimate of drug-likeness (QED) is 0.746. The Morgan fingerprint density at radius 1 is 1.17 bits per heavy atom. The van der Waals surface area contributed by atoms with E-state index in [4.69, 9.17) is 0 Å². The Balaban J connectivity index is 2.48. The van der Waals surface area contributed by atoms with Crippen LogP contribution >= 0.6 is 15.9 Å². The number of hydrogen-bond acceptors (Lipinski definition) is 2. The minimum atomic E-state index is -0.397. The van der Waals surface area contributed by atoms with Gasteiger partial charge in [0.05, 0.1) is 10.2 Å². The average molecular weight is 314 g/mol. The fraction of sp³-hybridized carbons (Fsp3) is 0.385. The zero-order valence-corrected chi connectivity index (χ0v) is 11.6. The zero-order valence-electron chi connectivity index (χ0n) is 10.0. The molecule has 1 fully saturated rings. The van der Waals surface area contributed by atoms with Crippen LogP contribution in [0.1, 0.15) is 31.2 Å². The molecule has 0 unspecified atom stereocenters. The van der Waals surface area contributed by atoms with Crippen LogP contribution in [0.4, 0.5) is 10.1 Å². The number of carbonyl (C=O) groups excluding carboxylic acids is 2. The highest BCUT2D eigenvalue weighted by molar-refractivity contribution is 9.10. The maximum absolute atomic E-state index is 13.4. The van der Waals surface area contributed by atoms with E-state index in [0.29, 0.717) is 24.1 Å². The summed E-state index contributed by atoms with van der Waals surface area (Å²) in [5, 5.41) is 0. The van der Waals surface area contributed by atoms with E-state index in [0.717, 1.165) is 12.8 Å². The molecule has 0 N–H and O–H groups in total. The molecule has 0 aliphatic carbocycles. The lowest BCUT2D eigenvalue weighted by atomic mass is 10.1. The van der Waals surface area contributed by atoms with Gasteiger partial charge in [0.1, 0.15) is 5.82 Å². The lowest BCUT2D eigenvalue weighted by Crippen LogP contribution is -2.35. The number of halogens is 2. The zero-order chi connectivity index (χ0) is 13.3. The Morgan fingerprint density at radius 3 is 2.28 bits per heavy atom. The van der Waals surface area contributed by atoms with E-state index in [1.807, 2.05) is 0 Å². The van der Waals surface area contributed by atoms with E-state index in [1.54, 1.807) is 6.92 Å². The molecule has 1 aliphatic rings. The van der Waals surface area contributed by atoms with Crippen LogP contribution in [0.3, 0.4) is 0 Å². The maximum Gasteiger partial charge on any atom is 0.233 e. The highest BCUT2D eigenvalue weighted by atomic mass is 79.9. The average Bonchev–Trinajstić information content (AvgIpc) is 2.46. The van der Waals surface area contributed by atoms with Gasteiger partial charge in [0.25, 0.3) is 0 Å². The predicted molar refractivity (Wildman–Crippen MR) is 69.8 cm³/mol. The molecule has 0 spiro atoms. The van der Waals surface area contributed by atoms with Crippen molar-refractivity contribution in [2.24, 2.45) is 0 Å². The maximum atomic E-state index is 13.4. The van der Waals surface area contributed by atoms with Gasteiger partial charge < -0.3 is 0 Å². The number of rotatable bonds is 1. The summed E-state index contributed by atoms with van der Waals surface area (Å²) in [5.74, 6) is -0.816. The molecule has 1 aromatic rings. The van der Waals surface area contributed by atoms with E-state index in [9.17, 15) is 14.0 Å². The summed E-state index contributed by atoms with van der Waals surface area (Å²) in [6, 6.07) is 2.82. The molecule has 0 radical (unpaired) electrons. The van der Waals surface area contributed by atoms with E-state index in [1.165, 1.54) is 17.0 Å². The summed E-state index contributed by atoms with van der Waals surface area (Å²) in [6.45, 7) is 1.69. The SMILES string of the molecule is Cc1cc(F)c(Br)cc1N1C(=O)CCCCC1=O. The van der Waals surface area contributed by atoms with Crippen LogP contribution in [-0.2, 0) is 9.59 Å². The molecule has 3 nitrogen and oxygen atoms in total. The van der Waals surface area contributed by atoms with Crippen molar-refractivity contribution in [2.75, 3.05) is 4.90 Å². The van der Waals surface area contributed by atoms with Crippen molar-refractivity contribution in [2.45, 2.75) is 32.6 Å². The monoisotopic (exact) mass is 313 g/mol. The van der Waals surface area contributed by atoms with Crippen molar-refractivity contribution in [3.05, 3.63) is 28.0 Å². The molecule has 0 saturated carbocycles. The Hall–Kier alpha value is -1.23. The summed E-state index contributed by atoms with van der Waals surface area (Å²) in [7, 11) is 0. The molecule has 1 aromatic carbocycles. The Morgan fingerprint density at radius 2 is 1.72 bits per heavy atom. The second-order valence-electron chi connectivity index (χ2n) is 4.38. The number of amides is 2. The molecule has 0 bridgehead atoms. The van der Waals surface area contributed by atoms with Crippen LogP contribution in [0.25, 0.3) is 0 Å². The lowest BCUT2D eigenvalue weighted by molar-refractivity contribution is -0.125. The van der Waals surface area contributed by atoms with Gasteiger partial charge in [-0.25, -0.2) is 4.39 Å². The van der Waals surface area contributed by atoms with Gasteiger partial charge in [-0.2, -0.15) is 0 Å². The summed E-state index contributed by atoms with van der Waals surface area (Å²) >= 11 is 3.08. The Kier molecular flexibility index (Phi) is 3.80. The Bertz CT molecular complexity index is 498. The molecule has 2 amide bonds. The molecule has 96 valence electrons. The highest BCUT2D eigenvalue weighted by Crippen LogP contribution is 2.29. The molecule has 1 aliphatic heterocycles. The van der Waals surface area contributed by atoms with Crippen molar-refractivity contribution >= 4 is 33.4 Å². The van der Waals surface area contributed by atoms with Gasteiger partial charge in [0.15, 0.2) is 0 Å². The van der Waals surface area contributed by atoms with Crippen molar-refractivity contribution in [3.8, 4) is 0 Å². The third-order valence-electron chi connectivity index (χ3n) is 3.01. The first-order valence-corrected chi connectivity index (χ1v) is 6.61. The molecule has 5 heteroatoms. The van der Waals surface area contributed by atoms with Gasteiger partial charge >= 0.3 is 0 Å². The number of anilines is 1. The number of nitrogens with zero attached hydrogens (tertiary/aromatic N) is 1. The third-order valence-corrected chi connectivity index (χ3v) is 3.62. The normalized spacial score (nSPS) is 16.9. The first-order chi connectivity index (χ1) is 8.50. The third kappa shape index (κ3) is 2.46. The fourth-order valence-corrected chi connectivity index (χ4v) is 2.39. The number of carbonyl (C=O) groups is 2. The van der Waals surface area contributed by atoms with Gasteiger partial charge in [-0.3, -0.25) is 14.5 Å². The smallest absolute Gasteiger partial charge is 0.233 e. The van der Waals surface area contributed by atoms with E-state index in [2.05, 4.69) is 15.9 Å². The number of aryl methyl sites for hydroxylation is 1. The Labute approximate surface area is 113 Å². The number of hydrogen-bond donors (Lipinski definition) is 0. The minimum Gasteiger partial charge on any atom is -0.274 e. The summed E-state index contributed by atoms with van der Waals surface area (Å²) in [6.07, 6.45) is 2.17. The van der Waals surface area contributed by atoms with Crippen LogP contribution in [0.15, 0.2) is 16.6 Å². The predicted octanol–water partition coefficient (Wildman–Crippen LogP) is 3.33. The largest absolute Gasteiger partial charge is 0.274 e. The van der Waals surface area contributed by atoms with Crippen LogP contribution in [0, 0.1) is 12.7 Å². The van der Waals surface area contributed by atoms with Gasteiger partial charge in [-0.05, 0) is 53.4 Å². The first-order valence-electron chi connectivity index (χ1n) is 5.82. The van der Waals surface area contributed by atoms with Crippen molar-refractivity contribution in [3.63, 3.8) is 0 Å². The van der Waals surface area contributed by atoms with E-state index < -0.39 is 5.82 Å². The van der Waals surface area contributed by atoms with Crippen LogP contribution < -0.4 is 4.90 Å². The number of benzene rings is 1. The van der Waals surface area contributed by atoms with Gasteiger partial charge in [-0.15, -0.1) is 0 Å². The van der Waals surface area contributed by atoms with E-state index >= 15 is 0 Å². The van der Waals surface area contributed by atoms with Crippen molar-refractivity contribution in [1.82, 2.24) is 0 Å². The molecular weight excluding hydrogens is 301 g/mol. The van der Waals surface area contributed by atoms with Crippen LogP contribution in [-0.4, -0.2) is 11.8 Å². The van der Waals surface area contributed by atoms with Crippen LogP contribution in [0.2, 0.25) is 0 Å². The summed E-state index contributed by atoms with van der Waals surface area (Å²) in [4.78, 5) is 25.1. The number of imide groups is 1. The van der Waals surface area contributed by atoms with Gasteiger partial charge in [0.2, 0.25) is 11.8 Å². The van der Waals surface area contributed by atoms with Crippen molar-refractivity contribution in [1.29, 1.82) is 0 Å².